The molecule has 0 aliphatic carbocycles. The number of rotatable bonds is 5. The number of halogens is 1. The fourth-order valence-corrected chi connectivity index (χ4v) is 4.34. The second kappa shape index (κ2) is 7.95. The molecule has 3 rings (SSSR count). The van der Waals surface area contributed by atoms with E-state index in [1.807, 2.05) is 6.92 Å². The first kappa shape index (κ1) is 20.7. The molecule has 26 heavy (non-hydrogen) atoms. The predicted molar refractivity (Wildman–Crippen MR) is 96.7 cm³/mol. The average molecular weight is 408 g/mol. The summed E-state index contributed by atoms with van der Waals surface area (Å²) in [6.07, 6.45) is 1.66. The second-order valence-corrected chi connectivity index (χ2v) is 8.34. The van der Waals surface area contributed by atoms with Gasteiger partial charge in [-0.25, -0.2) is 13.1 Å². The molecule has 1 aromatic rings. The number of piperidine rings is 1. The quantitative estimate of drug-likeness (QED) is 0.559. The smallest absolute Gasteiger partial charge is 0.293 e. The fourth-order valence-electron chi connectivity index (χ4n) is 2.97. The maximum absolute atomic E-state index is 12.7. The summed E-state index contributed by atoms with van der Waals surface area (Å²) in [4.78, 5) is 10.2. The van der Waals surface area contributed by atoms with Gasteiger partial charge < -0.3 is 14.8 Å². The van der Waals surface area contributed by atoms with Crippen molar-refractivity contribution in [3.63, 3.8) is 0 Å². The van der Waals surface area contributed by atoms with E-state index in [9.17, 15) is 18.5 Å². The molecular weight excluding hydrogens is 386 g/mol. The maximum Gasteiger partial charge on any atom is 0.293 e. The Morgan fingerprint density at radius 2 is 1.81 bits per heavy atom. The molecule has 1 fully saturated rings. The van der Waals surface area contributed by atoms with Gasteiger partial charge in [0.25, 0.3) is 5.69 Å². The van der Waals surface area contributed by atoms with Crippen LogP contribution in [0.25, 0.3) is 0 Å². The largest absolute Gasteiger partial charge is 0.486 e. The number of nitrogens with one attached hydrogen (secondary N) is 2. The predicted octanol–water partition coefficient (Wildman–Crippen LogP) is 1.46. The van der Waals surface area contributed by atoms with Gasteiger partial charge in [-0.15, -0.1) is 12.4 Å². The van der Waals surface area contributed by atoms with Gasteiger partial charge in [0.1, 0.15) is 13.2 Å². The van der Waals surface area contributed by atoms with Crippen LogP contribution in [0.5, 0.6) is 11.5 Å². The van der Waals surface area contributed by atoms with Crippen molar-refractivity contribution >= 4 is 28.1 Å². The Balaban J connectivity index is 0.00000243. The highest BCUT2D eigenvalue weighted by molar-refractivity contribution is 7.89. The van der Waals surface area contributed by atoms with Crippen molar-refractivity contribution in [3.05, 3.63) is 22.2 Å². The van der Waals surface area contributed by atoms with Crippen LogP contribution in [-0.4, -0.2) is 46.2 Å². The second-order valence-electron chi connectivity index (χ2n) is 6.61. The number of nitro groups is 1. The van der Waals surface area contributed by atoms with Crippen molar-refractivity contribution in [3.8, 4) is 11.5 Å². The van der Waals surface area contributed by atoms with E-state index in [1.165, 1.54) is 6.07 Å². The van der Waals surface area contributed by atoms with Crippen LogP contribution in [0.2, 0.25) is 0 Å². The van der Waals surface area contributed by atoms with Gasteiger partial charge in [0.05, 0.1) is 11.0 Å². The van der Waals surface area contributed by atoms with Gasteiger partial charge in [-0.05, 0) is 31.3 Å². The number of ether oxygens (including phenoxy) is 2. The van der Waals surface area contributed by atoms with Crippen LogP contribution in [0.3, 0.4) is 0 Å². The zero-order valence-corrected chi connectivity index (χ0v) is 16.0. The van der Waals surface area contributed by atoms with Gasteiger partial charge in [0, 0.05) is 12.6 Å². The molecular formula is C15H22ClN3O6S. The van der Waals surface area contributed by atoms with Gasteiger partial charge in [-0.1, -0.05) is 6.92 Å². The third-order valence-electron chi connectivity index (χ3n) is 4.61. The molecule has 0 radical (unpaired) electrons. The molecule has 2 aliphatic rings. The molecule has 1 saturated heterocycles. The molecule has 0 saturated carbocycles. The molecule has 2 aliphatic heterocycles. The molecule has 2 heterocycles. The molecule has 0 bridgehead atoms. The van der Waals surface area contributed by atoms with Gasteiger partial charge in [-0.2, -0.15) is 0 Å². The van der Waals surface area contributed by atoms with Crippen molar-refractivity contribution in [1.82, 2.24) is 10.0 Å². The lowest BCUT2D eigenvalue weighted by atomic mass is 9.81. The maximum atomic E-state index is 12.7. The van der Waals surface area contributed by atoms with Crippen molar-refractivity contribution in [2.45, 2.75) is 24.7 Å². The van der Waals surface area contributed by atoms with Crippen LogP contribution in [0.4, 0.5) is 5.69 Å². The number of nitro benzene ring substituents is 1. The van der Waals surface area contributed by atoms with E-state index in [2.05, 4.69) is 10.0 Å². The number of hydrogen-bond donors (Lipinski definition) is 2. The lowest BCUT2D eigenvalue weighted by molar-refractivity contribution is -0.388. The lowest BCUT2D eigenvalue weighted by Gasteiger charge is -2.34. The molecule has 2 N–H and O–H groups in total. The summed E-state index contributed by atoms with van der Waals surface area (Å²) in [5, 5.41) is 14.6. The van der Waals surface area contributed by atoms with Crippen molar-refractivity contribution in [1.29, 1.82) is 0 Å². The minimum atomic E-state index is -4.05. The molecule has 146 valence electrons. The van der Waals surface area contributed by atoms with Crippen molar-refractivity contribution in [2.75, 3.05) is 32.8 Å². The van der Waals surface area contributed by atoms with Crippen LogP contribution in [-0.2, 0) is 10.0 Å². The number of nitrogens with zero attached hydrogens (tertiary/aromatic N) is 1. The van der Waals surface area contributed by atoms with E-state index >= 15 is 0 Å². The number of hydrogen-bond acceptors (Lipinski definition) is 7. The SMILES string of the molecule is CC1(CNS(=O)(=O)c2cc3c(cc2[N+](=O)[O-])OCCO3)CCNCC1.Cl. The molecule has 9 nitrogen and oxygen atoms in total. The number of fused-ring (bicyclic) bond motifs is 1. The van der Waals surface area contributed by atoms with E-state index in [0.29, 0.717) is 0 Å². The summed E-state index contributed by atoms with van der Waals surface area (Å²) in [6.45, 7) is 4.41. The fraction of sp³-hybridized carbons (Fsp3) is 0.600. The first-order valence-electron chi connectivity index (χ1n) is 8.09. The Morgan fingerprint density at radius 1 is 1.23 bits per heavy atom. The zero-order chi connectivity index (χ0) is 18.1. The molecule has 0 atom stereocenters. The third-order valence-corrected chi connectivity index (χ3v) is 6.04. The molecule has 1 aromatic carbocycles. The van der Waals surface area contributed by atoms with Crippen molar-refractivity contribution < 1.29 is 22.8 Å². The molecule has 0 unspecified atom stereocenters. The van der Waals surface area contributed by atoms with Crippen LogP contribution >= 0.6 is 12.4 Å². The normalized spacial score (nSPS) is 18.7. The highest BCUT2D eigenvalue weighted by Gasteiger charge is 2.33. The molecule has 0 aromatic heterocycles. The van der Waals surface area contributed by atoms with Gasteiger partial charge in [0.2, 0.25) is 10.0 Å². The van der Waals surface area contributed by atoms with E-state index in [1.54, 1.807) is 0 Å². The van der Waals surface area contributed by atoms with E-state index in [4.69, 9.17) is 9.47 Å². The topological polar surface area (TPSA) is 120 Å². The summed E-state index contributed by atoms with van der Waals surface area (Å²) in [5.74, 6) is 0.382. The Labute approximate surface area is 158 Å². The third kappa shape index (κ3) is 4.37. The number of sulfonamides is 1. The molecule has 0 amide bonds. The summed E-state index contributed by atoms with van der Waals surface area (Å²) in [6, 6.07) is 2.27. The average Bonchev–Trinajstić information content (AvgIpc) is 2.60. The Bertz CT molecular complexity index is 780. The first-order valence-corrected chi connectivity index (χ1v) is 9.58. The molecule has 11 heteroatoms. The minimum Gasteiger partial charge on any atom is -0.486 e. The van der Waals surface area contributed by atoms with Crippen LogP contribution in [0, 0.1) is 15.5 Å². The highest BCUT2D eigenvalue weighted by Crippen LogP contribution is 2.38. The Kier molecular flexibility index (Phi) is 6.33. The molecule has 0 spiro atoms. The monoisotopic (exact) mass is 407 g/mol. The standard InChI is InChI=1S/C15H21N3O6S.ClH/c1-15(2-4-16-5-3-15)10-17-25(21,22)14-9-13-12(23-6-7-24-13)8-11(14)18(19)20;/h8-9,16-17H,2-7,10H2,1H3;1H. The van der Waals surface area contributed by atoms with Gasteiger partial charge in [0.15, 0.2) is 16.4 Å². The van der Waals surface area contributed by atoms with Gasteiger partial charge in [-0.3, -0.25) is 10.1 Å². The van der Waals surface area contributed by atoms with Gasteiger partial charge >= 0.3 is 0 Å². The van der Waals surface area contributed by atoms with Crippen LogP contribution in [0.15, 0.2) is 17.0 Å². The Morgan fingerprint density at radius 3 is 2.38 bits per heavy atom. The lowest BCUT2D eigenvalue weighted by Crippen LogP contribution is -2.42. The first-order chi connectivity index (χ1) is 11.8. The number of benzene rings is 1. The zero-order valence-electron chi connectivity index (χ0n) is 14.3. The highest BCUT2D eigenvalue weighted by atomic mass is 35.5. The van der Waals surface area contributed by atoms with Crippen LogP contribution in [0.1, 0.15) is 19.8 Å². The minimum absolute atomic E-state index is 0. The summed E-state index contributed by atoms with van der Waals surface area (Å²) in [7, 11) is -4.05. The summed E-state index contributed by atoms with van der Waals surface area (Å²) >= 11 is 0. The summed E-state index contributed by atoms with van der Waals surface area (Å²) in [5.41, 5.74) is -0.701. The van der Waals surface area contributed by atoms with E-state index in [0.717, 1.165) is 32.0 Å². The van der Waals surface area contributed by atoms with Crippen LogP contribution < -0.4 is 19.5 Å². The summed E-state index contributed by atoms with van der Waals surface area (Å²) < 4.78 is 38.6. The van der Waals surface area contributed by atoms with E-state index in [-0.39, 0.29) is 49.1 Å². The van der Waals surface area contributed by atoms with Crippen molar-refractivity contribution in [2.24, 2.45) is 5.41 Å². The van der Waals surface area contributed by atoms with E-state index < -0.39 is 25.5 Å². The Hall–Kier alpha value is -1.62.